The molecule has 0 aliphatic carbocycles. The number of hydrogen-bond donors (Lipinski definition) is 1. The molecule has 1 aromatic carbocycles. The van der Waals surface area contributed by atoms with E-state index in [0.717, 1.165) is 0 Å². The van der Waals surface area contributed by atoms with Crippen molar-refractivity contribution >= 4 is 5.69 Å². The van der Waals surface area contributed by atoms with Crippen LogP contribution in [-0.2, 0) is 6.18 Å². The summed E-state index contributed by atoms with van der Waals surface area (Å²) in [5.74, 6) is -3.78. The molecule has 1 rings (SSSR count). The van der Waals surface area contributed by atoms with Crippen LogP contribution in [0.25, 0.3) is 0 Å². The van der Waals surface area contributed by atoms with Crippen LogP contribution in [0.3, 0.4) is 0 Å². The van der Waals surface area contributed by atoms with Crippen molar-refractivity contribution in [3.8, 4) is 18.2 Å². The first-order chi connectivity index (χ1) is 9.74. The topological polar surface area (TPSA) is 83.4 Å². The summed E-state index contributed by atoms with van der Waals surface area (Å²) >= 11 is 0. The molecule has 0 bridgehead atoms. The molecule has 0 amide bonds. The van der Waals surface area contributed by atoms with Gasteiger partial charge in [-0.2, -0.15) is 29.0 Å². The highest BCUT2D eigenvalue weighted by atomic mass is 19.4. The molecule has 106 valence electrons. The number of nitriles is 3. The van der Waals surface area contributed by atoms with Crippen molar-refractivity contribution in [2.45, 2.75) is 6.18 Å². The maximum Gasteiger partial charge on any atom is 0.422 e. The summed E-state index contributed by atoms with van der Waals surface area (Å²) < 4.78 is 63.7. The Hall–Kier alpha value is -3.12. The second-order valence-corrected chi connectivity index (χ2v) is 3.52. The Morgan fingerprint density at radius 2 is 1.43 bits per heavy atom. The first-order valence-corrected chi connectivity index (χ1v) is 5.02. The highest BCUT2D eigenvalue weighted by Gasteiger charge is 2.38. The van der Waals surface area contributed by atoms with Crippen molar-refractivity contribution in [1.82, 2.24) is 0 Å². The van der Waals surface area contributed by atoms with Crippen LogP contribution in [0.2, 0.25) is 0 Å². The van der Waals surface area contributed by atoms with Gasteiger partial charge >= 0.3 is 6.18 Å². The van der Waals surface area contributed by atoms with Crippen molar-refractivity contribution < 1.29 is 22.0 Å². The second-order valence-electron chi connectivity index (χ2n) is 3.52. The van der Waals surface area contributed by atoms with Gasteiger partial charge in [0.15, 0.2) is 5.57 Å². The van der Waals surface area contributed by atoms with Gasteiger partial charge < -0.3 is 5.32 Å². The second kappa shape index (κ2) is 5.89. The normalized spacial score (nSPS) is 10.0. The number of nitrogens with zero attached hydrogens (tertiary/aromatic N) is 3. The van der Waals surface area contributed by atoms with E-state index in [1.165, 1.54) is 18.2 Å². The molecule has 0 saturated heterocycles. The summed E-state index contributed by atoms with van der Waals surface area (Å²) in [7, 11) is 0. The van der Waals surface area contributed by atoms with Crippen LogP contribution in [-0.4, -0.2) is 0 Å². The van der Waals surface area contributed by atoms with Gasteiger partial charge in [0.2, 0.25) is 0 Å². The quantitative estimate of drug-likeness (QED) is 0.671. The SMILES string of the molecule is N#CC(C#N)=C(C#N)Nc1cc(F)c(C(F)(F)F)c(F)c1. The van der Waals surface area contributed by atoms with Crippen LogP contribution < -0.4 is 5.32 Å². The highest BCUT2D eigenvalue weighted by Crippen LogP contribution is 2.35. The average Bonchev–Trinajstić information content (AvgIpc) is 2.36. The number of allylic oxidation sites excluding steroid dienone is 2. The van der Waals surface area contributed by atoms with Crippen LogP contribution in [0.15, 0.2) is 23.4 Å². The summed E-state index contributed by atoms with van der Waals surface area (Å²) in [4.78, 5) is 0. The van der Waals surface area contributed by atoms with E-state index in [1.54, 1.807) is 0 Å². The molecule has 0 heterocycles. The fourth-order valence-electron chi connectivity index (χ4n) is 1.34. The van der Waals surface area contributed by atoms with Crippen LogP contribution >= 0.6 is 0 Å². The molecule has 0 radical (unpaired) electrons. The fraction of sp³-hybridized carbons (Fsp3) is 0.0833. The van der Waals surface area contributed by atoms with Gasteiger partial charge in [-0.15, -0.1) is 0 Å². The molecule has 4 nitrogen and oxygen atoms in total. The zero-order valence-corrected chi connectivity index (χ0v) is 9.89. The summed E-state index contributed by atoms with van der Waals surface area (Å²) in [6.07, 6.45) is -5.22. The van der Waals surface area contributed by atoms with E-state index < -0.39 is 40.3 Å². The lowest BCUT2D eigenvalue weighted by Crippen LogP contribution is -2.12. The third-order valence-corrected chi connectivity index (χ3v) is 2.18. The zero-order valence-electron chi connectivity index (χ0n) is 9.89. The van der Waals surface area contributed by atoms with E-state index in [-0.39, 0.29) is 0 Å². The van der Waals surface area contributed by atoms with Gasteiger partial charge in [0.1, 0.15) is 41.1 Å². The maximum absolute atomic E-state index is 13.3. The van der Waals surface area contributed by atoms with E-state index in [9.17, 15) is 22.0 Å². The molecule has 0 aliphatic rings. The van der Waals surface area contributed by atoms with E-state index in [4.69, 9.17) is 15.8 Å². The van der Waals surface area contributed by atoms with Crippen molar-refractivity contribution in [2.24, 2.45) is 0 Å². The molecule has 21 heavy (non-hydrogen) atoms. The van der Waals surface area contributed by atoms with E-state index in [2.05, 4.69) is 0 Å². The van der Waals surface area contributed by atoms with Crippen molar-refractivity contribution in [3.63, 3.8) is 0 Å². The largest absolute Gasteiger partial charge is 0.422 e. The third-order valence-electron chi connectivity index (χ3n) is 2.18. The van der Waals surface area contributed by atoms with Crippen molar-refractivity contribution in [3.05, 3.63) is 40.6 Å². The standard InChI is InChI=1S/C12H3F5N4/c13-8-1-7(2-9(14)11(8)12(15,16)17)21-10(5-20)6(3-18)4-19/h1-2,21H. The molecule has 0 aromatic heterocycles. The molecular formula is C12H3F5N4. The maximum atomic E-state index is 13.3. The minimum Gasteiger partial charge on any atom is -0.345 e. The van der Waals surface area contributed by atoms with E-state index in [0.29, 0.717) is 12.1 Å². The lowest BCUT2D eigenvalue weighted by atomic mass is 10.1. The Kier molecular flexibility index (Phi) is 4.47. The summed E-state index contributed by atoms with van der Waals surface area (Å²) in [5.41, 5.74) is -3.94. The Bertz CT molecular complexity index is 689. The molecule has 1 aromatic rings. The molecule has 0 unspecified atom stereocenters. The lowest BCUT2D eigenvalue weighted by Gasteiger charge is -2.11. The van der Waals surface area contributed by atoms with Gasteiger partial charge in [-0.25, -0.2) is 8.78 Å². The smallest absolute Gasteiger partial charge is 0.345 e. The highest BCUT2D eigenvalue weighted by molar-refractivity contribution is 5.59. The van der Waals surface area contributed by atoms with E-state index >= 15 is 0 Å². The number of nitrogens with one attached hydrogen (secondary N) is 1. The fourth-order valence-corrected chi connectivity index (χ4v) is 1.34. The number of rotatable bonds is 2. The Morgan fingerprint density at radius 3 is 1.76 bits per heavy atom. The molecule has 0 atom stereocenters. The van der Waals surface area contributed by atoms with Crippen LogP contribution in [0.4, 0.5) is 27.6 Å². The van der Waals surface area contributed by atoms with Crippen LogP contribution in [0.5, 0.6) is 0 Å². The minimum atomic E-state index is -5.22. The predicted octanol–water partition coefficient (Wildman–Crippen LogP) is 3.22. The molecule has 0 spiro atoms. The molecule has 0 fully saturated rings. The first kappa shape index (κ1) is 15.9. The number of alkyl halides is 3. The third kappa shape index (κ3) is 3.46. The lowest BCUT2D eigenvalue weighted by molar-refractivity contribution is -0.142. The molecule has 0 aliphatic heterocycles. The summed E-state index contributed by atoms with van der Waals surface area (Å²) in [5, 5.41) is 27.8. The summed E-state index contributed by atoms with van der Waals surface area (Å²) in [6.45, 7) is 0. The minimum absolute atomic E-state index is 0.301. The Balaban J connectivity index is 3.33. The molecule has 1 N–H and O–H groups in total. The van der Waals surface area contributed by atoms with Gasteiger partial charge in [0, 0.05) is 5.69 Å². The van der Waals surface area contributed by atoms with Gasteiger partial charge in [0.05, 0.1) is 0 Å². The molecular weight excluding hydrogens is 295 g/mol. The van der Waals surface area contributed by atoms with Gasteiger partial charge in [-0.05, 0) is 12.1 Å². The Labute approximate surface area is 114 Å². The molecule has 0 saturated carbocycles. The zero-order chi connectivity index (χ0) is 16.2. The number of anilines is 1. The number of halogens is 5. The van der Waals surface area contributed by atoms with E-state index in [1.807, 2.05) is 5.32 Å². The molecule has 9 heteroatoms. The predicted molar refractivity (Wildman–Crippen MR) is 58.8 cm³/mol. The van der Waals surface area contributed by atoms with Crippen LogP contribution in [0.1, 0.15) is 5.56 Å². The number of benzene rings is 1. The average molecular weight is 298 g/mol. The monoisotopic (exact) mass is 298 g/mol. The summed E-state index contributed by atoms with van der Waals surface area (Å²) in [6, 6.07) is 4.70. The first-order valence-electron chi connectivity index (χ1n) is 5.02. The van der Waals surface area contributed by atoms with Gasteiger partial charge in [0.25, 0.3) is 0 Å². The van der Waals surface area contributed by atoms with Crippen molar-refractivity contribution in [2.75, 3.05) is 5.32 Å². The number of hydrogen-bond acceptors (Lipinski definition) is 4. The van der Waals surface area contributed by atoms with Crippen molar-refractivity contribution in [1.29, 1.82) is 15.8 Å². The Morgan fingerprint density at radius 1 is 0.952 bits per heavy atom. The van der Waals surface area contributed by atoms with Gasteiger partial charge in [-0.1, -0.05) is 0 Å². The van der Waals surface area contributed by atoms with Gasteiger partial charge in [-0.3, -0.25) is 0 Å². The van der Waals surface area contributed by atoms with Crippen LogP contribution in [0, 0.1) is 45.6 Å².